The topological polar surface area (TPSA) is 88.8 Å². The van der Waals surface area contributed by atoms with Gasteiger partial charge >= 0.3 is 0 Å². The molecule has 0 unspecified atom stereocenters. The van der Waals surface area contributed by atoms with Crippen LogP contribution in [0.2, 0.25) is 0 Å². The maximum absolute atomic E-state index is 12.9. The molecule has 0 spiro atoms. The smallest absolute Gasteiger partial charge is 0.257 e. The fourth-order valence-corrected chi connectivity index (χ4v) is 3.27. The summed E-state index contributed by atoms with van der Waals surface area (Å²) in [4.78, 5) is 30.9. The van der Waals surface area contributed by atoms with Gasteiger partial charge in [-0.1, -0.05) is 0 Å². The summed E-state index contributed by atoms with van der Waals surface area (Å²) in [5.41, 5.74) is 1.81. The van der Waals surface area contributed by atoms with Crippen molar-refractivity contribution in [1.82, 2.24) is 24.5 Å². The van der Waals surface area contributed by atoms with Crippen molar-refractivity contribution in [3.8, 4) is 11.4 Å². The Labute approximate surface area is 179 Å². The third-order valence-corrected chi connectivity index (χ3v) is 4.83. The first-order chi connectivity index (χ1) is 16.1. The molecule has 5 heterocycles. The van der Waals surface area contributed by atoms with Crippen LogP contribution in [-0.4, -0.2) is 43.4 Å². The van der Waals surface area contributed by atoms with Gasteiger partial charge in [0.1, 0.15) is 11.6 Å². The summed E-state index contributed by atoms with van der Waals surface area (Å²) in [5.74, 6) is -0.0555. The molecule has 8 nitrogen and oxygen atoms in total. The van der Waals surface area contributed by atoms with Gasteiger partial charge in [0, 0.05) is 55.1 Å². The minimum absolute atomic E-state index is 0.0365. The van der Waals surface area contributed by atoms with Crippen molar-refractivity contribution >= 4 is 28.3 Å². The number of nitrogens with one attached hydrogen (secondary N) is 1. The van der Waals surface area contributed by atoms with E-state index in [1.165, 1.54) is 18.3 Å². The van der Waals surface area contributed by atoms with Gasteiger partial charge in [-0.15, -0.1) is 0 Å². The summed E-state index contributed by atoms with van der Waals surface area (Å²) >= 11 is 0. The monoisotopic (exact) mass is 403 g/mol. The predicted octanol–water partition coefficient (Wildman–Crippen LogP) is 3.28. The highest BCUT2D eigenvalue weighted by atomic mass is 16.1. The van der Waals surface area contributed by atoms with Gasteiger partial charge < -0.3 is 14.8 Å². The molecule has 1 aliphatic heterocycles. The molecular weight excluding hydrogens is 378 g/mol. The average molecular weight is 403 g/mol. The van der Waals surface area contributed by atoms with Crippen LogP contribution in [0.4, 0.5) is 11.6 Å². The number of imidazole rings is 1. The molecule has 1 fully saturated rings. The second-order valence-corrected chi connectivity index (χ2v) is 6.88. The van der Waals surface area contributed by atoms with Gasteiger partial charge in [-0.2, -0.15) is 0 Å². The van der Waals surface area contributed by atoms with Crippen molar-refractivity contribution in [3.63, 3.8) is 0 Å². The van der Waals surface area contributed by atoms with E-state index in [4.69, 9.17) is 5.48 Å². The van der Waals surface area contributed by atoms with Gasteiger partial charge in [0.2, 0.25) is 0 Å². The SMILES string of the molecule is [2H]C1([2H])CCC([2H])([2H])N1c1cc(C(=O)Nc2cc3cc(-c4cncn4C)ncc3cn2)ccn1. The van der Waals surface area contributed by atoms with Crippen LogP contribution >= 0.6 is 0 Å². The van der Waals surface area contributed by atoms with Crippen molar-refractivity contribution in [2.24, 2.45) is 7.05 Å². The Kier molecular flexibility index (Phi) is 3.58. The molecule has 0 bridgehead atoms. The second-order valence-electron chi connectivity index (χ2n) is 6.88. The zero-order chi connectivity index (χ0) is 24.1. The highest BCUT2D eigenvalue weighted by molar-refractivity contribution is 6.05. The molecule has 4 aromatic heterocycles. The van der Waals surface area contributed by atoms with E-state index in [9.17, 15) is 4.79 Å². The molecular formula is C22H21N7O. The van der Waals surface area contributed by atoms with E-state index in [1.54, 1.807) is 31.0 Å². The Hall–Kier alpha value is -3.81. The largest absolute Gasteiger partial charge is 0.357 e. The molecule has 5 rings (SSSR count). The Balaban J connectivity index is 1.42. The molecule has 1 saturated heterocycles. The number of fused-ring (bicyclic) bond motifs is 1. The van der Waals surface area contributed by atoms with Crippen LogP contribution in [-0.2, 0) is 7.05 Å². The lowest BCUT2D eigenvalue weighted by molar-refractivity contribution is 0.102. The van der Waals surface area contributed by atoms with Gasteiger partial charge in [0.15, 0.2) is 0 Å². The highest BCUT2D eigenvalue weighted by Crippen LogP contribution is 2.23. The Morgan fingerprint density at radius 1 is 1.07 bits per heavy atom. The summed E-state index contributed by atoms with van der Waals surface area (Å²) in [7, 11) is 1.88. The minimum Gasteiger partial charge on any atom is -0.357 e. The molecule has 0 atom stereocenters. The van der Waals surface area contributed by atoms with Crippen LogP contribution in [0, 0.1) is 0 Å². The molecule has 8 heteroatoms. The van der Waals surface area contributed by atoms with Gasteiger partial charge in [-0.05, 0) is 42.5 Å². The fraction of sp³-hybridized carbons (Fsp3) is 0.227. The van der Waals surface area contributed by atoms with E-state index < -0.39 is 18.9 Å². The number of nitrogens with zero attached hydrogens (tertiary/aromatic N) is 6. The van der Waals surface area contributed by atoms with Crippen molar-refractivity contribution < 1.29 is 10.3 Å². The van der Waals surface area contributed by atoms with E-state index in [0.29, 0.717) is 5.82 Å². The Morgan fingerprint density at radius 2 is 1.90 bits per heavy atom. The van der Waals surface area contributed by atoms with Crippen LogP contribution in [0.5, 0.6) is 0 Å². The van der Waals surface area contributed by atoms with Crippen LogP contribution in [0.1, 0.15) is 28.7 Å². The second kappa shape index (κ2) is 7.55. The van der Waals surface area contributed by atoms with E-state index in [1.807, 2.05) is 17.7 Å². The molecule has 150 valence electrons. The summed E-state index contributed by atoms with van der Waals surface area (Å²) in [6, 6.07) is 6.52. The maximum atomic E-state index is 12.9. The quantitative estimate of drug-likeness (QED) is 0.563. The van der Waals surface area contributed by atoms with Crippen LogP contribution < -0.4 is 10.2 Å². The number of aryl methyl sites for hydroxylation is 1. The standard InChI is InChI=1S/C22H21N7O/c1-28-14-23-13-19(28)18-8-16-9-20(26-12-17(16)11-25-18)27-22(30)15-4-5-24-21(10-15)29-6-2-3-7-29/h4-5,8-14H,2-3,6-7H2,1H3,(H,26,27,30)/i6D2,7D2. The van der Waals surface area contributed by atoms with Crippen molar-refractivity contribution in [3.05, 3.63) is 60.9 Å². The fourth-order valence-electron chi connectivity index (χ4n) is 3.27. The molecule has 0 aliphatic carbocycles. The summed E-state index contributed by atoms with van der Waals surface area (Å²) < 4.78 is 34.4. The van der Waals surface area contributed by atoms with E-state index in [2.05, 4.69) is 25.3 Å². The minimum atomic E-state index is -1.90. The van der Waals surface area contributed by atoms with Gasteiger partial charge in [-0.25, -0.2) is 15.0 Å². The van der Waals surface area contributed by atoms with E-state index in [0.717, 1.165) is 27.1 Å². The van der Waals surface area contributed by atoms with E-state index >= 15 is 0 Å². The van der Waals surface area contributed by atoms with Gasteiger partial charge in [0.25, 0.3) is 5.91 Å². The molecule has 0 saturated carbocycles. The van der Waals surface area contributed by atoms with Crippen molar-refractivity contribution in [2.45, 2.75) is 12.8 Å². The first-order valence-electron chi connectivity index (χ1n) is 11.4. The van der Waals surface area contributed by atoms with Crippen molar-refractivity contribution in [1.29, 1.82) is 0 Å². The van der Waals surface area contributed by atoms with Crippen LogP contribution in [0.15, 0.2) is 55.4 Å². The molecule has 0 aromatic carbocycles. The number of hydrogen-bond donors (Lipinski definition) is 1. The highest BCUT2D eigenvalue weighted by Gasteiger charge is 2.16. The normalized spacial score (nSPS) is 19.0. The van der Waals surface area contributed by atoms with Gasteiger partial charge in [-0.3, -0.25) is 9.78 Å². The van der Waals surface area contributed by atoms with Crippen LogP contribution in [0.25, 0.3) is 22.2 Å². The van der Waals surface area contributed by atoms with Crippen molar-refractivity contribution in [2.75, 3.05) is 23.2 Å². The lowest BCUT2D eigenvalue weighted by Crippen LogP contribution is -2.20. The summed E-state index contributed by atoms with van der Waals surface area (Å²) in [6.45, 7) is -3.80. The zero-order valence-electron chi connectivity index (χ0n) is 20.2. The maximum Gasteiger partial charge on any atom is 0.257 e. The Morgan fingerprint density at radius 3 is 2.70 bits per heavy atom. The summed E-state index contributed by atoms with van der Waals surface area (Å²) in [6.07, 6.45) is 8.20. The van der Waals surface area contributed by atoms with E-state index in [-0.39, 0.29) is 24.2 Å². The first kappa shape index (κ1) is 14.2. The number of pyridine rings is 3. The molecule has 1 amide bonds. The number of rotatable bonds is 4. The summed E-state index contributed by atoms with van der Waals surface area (Å²) in [5, 5.41) is 4.41. The van der Waals surface area contributed by atoms with Crippen LogP contribution in [0.3, 0.4) is 0 Å². The zero-order valence-corrected chi connectivity index (χ0v) is 16.2. The average Bonchev–Trinajstić information content (AvgIpc) is 3.32. The molecule has 1 N–H and O–H groups in total. The lowest BCUT2D eigenvalue weighted by atomic mass is 10.1. The molecule has 0 radical (unpaired) electrons. The molecule has 30 heavy (non-hydrogen) atoms. The predicted molar refractivity (Wildman–Crippen MR) is 115 cm³/mol. The molecule has 1 aliphatic rings. The van der Waals surface area contributed by atoms with Gasteiger partial charge in [0.05, 0.1) is 23.9 Å². The number of amides is 1. The number of carbonyl (C=O) groups excluding carboxylic acids is 1. The first-order valence-corrected chi connectivity index (χ1v) is 9.44. The third-order valence-electron chi connectivity index (χ3n) is 4.83. The lowest BCUT2D eigenvalue weighted by Gasteiger charge is -2.16. The number of hydrogen-bond acceptors (Lipinski definition) is 6. The Bertz CT molecular complexity index is 1390. The molecule has 4 aromatic rings. The number of aromatic nitrogens is 5. The number of carbonyl (C=O) groups is 1. The third kappa shape index (κ3) is 3.47. The number of anilines is 2.